The molecule has 164 valence electrons. The summed E-state index contributed by atoms with van der Waals surface area (Å²) in [5.74, 6) is 0.702. The molecule has 2 bridgehead atoms. The fourth-order valence-electron chi connectivity index (χ4n) is 4.12. The van der Waals surface area contributed by atoms with Crippen molar-refractivity contribution in [3.05, 3.63) is 54.5 Å². The molecule has 3 aromatic heterocycles. The van der Waals surface area contributed by atoms with Crippen molar-refractivity contribution in [3.63, 3.8) is 0 Å². The van der Waals surface area contributed by atoms with E-state index in [1.807, 2.05) is 0 Å². The first kappa shape index (κ1) is 20.2. The molecule has 1 N–H and O–H groups in total. The van der Waals surface area contributed by atoms with Crippen molar-refractivity contribution < 1.29 is 18.0 Å². The summed E-state index contributed by atoms with van der Waals surface area (Å²) in [6.45, 7) is 1.49. The molecule has 0 aromatic carbocycles. The van der Waals surface area contributed by atoms with Gasteiger partial charge < -0.3 is 4.90 Å². The Morgan fingerprint density at radius 3 is 2.84 bits per heavy atom. The molecule has 8 nitrogen and oxygen atoms in total. The van der Waals surface area contributed by atoms with Gasteiger partial charge in [0, 0.05) is 37.2 Å². The Bertz CT molecular complexity index is 1160. The zero-order chi connectivity index (χ0) is 22.3. The zero-order valence-electron chi connectivity index (χ0n) is 16.8. The van der Waals surface area contributed by atoms with Crippen LogP contribution < -0.4 is 15.1 Å². The van der Waals surface area contributed by atoms with Gasteiger partial charge in [-0.1, -0.05) is 0 Å². The van der Waals surface area contributed by atoms with E-state index in [9.17, 15) is 18.0 Å². The monoisotopic (exact) mass is 441 g/mol. The highest BCUT2D eigenvalue weighted by Gasteiger charge is 2.38. The molecule has 5 rings (SSSR count). The second kappa shape index (κ2) is 7.74. The molecule has 11 heteroatoms. The smallest absolute Gasteiger partial charge is 0.366 e. The quantitative estimate of drug-likeness (QED) is 0.648. The number of carbonyl (C=O) groups is 1. The first-order valence-corrected chi connectivity index (χ1v) is 10.1. The minimum Gasteiger partial charge on any atom is -0.366 e. The van der Waals surface area contributed by atoms with Gasteiger partial charge in [0.15, 0.2) is 11.6 Å². The number of aromatic nitrogens is 4. The van der Waals surface area contributed by atoms with Gasteiger partial charge >= 0.3 is 12.2 Å². The molecule has 1 fully saturated rings. The van der Waals surface area contributed by atoms with E-state index in [2.05, 4.69) is 30.4 Å². The summed E-state index contributed by atoms with van der Waals surface area (Å²) < 4.78 is 39.4. The first-order chi connectivity index (χ1) is 15.4. The second-order valence-corrected chi connectivity index (χ2v) is 7.65. The highest BCUT2D eigenvalue weighted by Crippen LogP contribution is 2.40. The fourth-order valence-corrected chi connectivity index (χ4v) is 4.12. The van der Waals surface area contributed by atoms with Crippen LogP contribution in [0.5, 0.6) is 0 Å². The van der Waals surface area contributed by atoms with E-state index in [0.29, 0.717) is 23.9 Å². The van der Waals surface area contributed by atoms with E-state index >= 15 is 0 Å². The Kier molecular flexibility index (Phi) is 4.87. The van der Waals surface area contributed by atoms with Crippen LogP contribution in [-0.4, -0.2) is 45.3 Å². The molecule has 2 amide bonds. The Morgan fingerprint density at radius 1 is 1.19 bits per heavy atom. The Morgan fingerprint density at radius 2 is 2.06 bits per heavy atom. The molecular weight excluding hydrogens is 423 g/mol. The lowest BCUT2D eigenvalue weighted by atomic mass is 9.99. The van der Waals surface area contributed by atoms with Gasteiger partial charge in [-0.15, -0.1) is 5.10 Å². The molecular formula is C21H18F3N7O. The number of hydrogen-bond acceptors (Lipinski definition) is 6. The van der Waals surface area contributed by atoms with Crippen LogP contribution in [-0.2, 0) is 6.18 Å². The summed E-state index contributed by atoms with van der Waals surface area (Å²) in [5.41, 5.74) is 0.440. The lowest BCUT2D eigenvalue weighted by Crippen LogP contribution is -2.56. The van der Waals surface area contributed by atoms with E-state index in [-0.39, 0.29) is 11.6 Å². The highest BCUT2D eigenvalue weighted by molar-refractivity contribution is 6.04. The van der Waals surface area contributed by atoms with Crippen molar-refractivity contribution >= 4 is 23.4 Å². The first-order valence-electron chi connectivity index (χ1n) is 10.1. The molecule has 0 saturated carbocycles. The maximum atomic E-state index is 13.2. The van der Waals surface area contributed by atoms with E-state index in [1.165, 1.54) is 12.4 Å². The van der Waals surface area contributed by atoms with Crippen molar-refractivity contribution in [2.45, 2.75) is 25.1 Å². The minimum atomic E-state index is -4.51. The van der Waals surface area contributed by atoms with Gasteiger partial charge in [-0.25, -0.2) is 9.78 Å². The van der Waals surface area contributed by atoms with Crippen LogP contribution in [0.2, 0.25) is 0 Å². The summed E-state index contributed by atoms with van der Waals surface area (Å²) in [6.07, 6.45) is 0.806. The van der Waals surface area contributed by atoms with Crippen molar-refractivity contribution in [1.29, 1.82) is 0 Å². The number of rotatable bonds is 2. The average Bonchev–Trinajstić information content (AvgIpc) is 2.79. The summed E-state index contributed by atoms with van der Waals surface area (Å²) in [7, 11) is 0. The van der Waals surface area contributed by atoms with E-state index < -0.39 is 17.8 Å². The highest BCUT2D eigenvalue weighted by atomic mass is 19.4. The topological polar surface area (TPSA) is 87.1 Å². The number of alkyl halides is 3. The number of nitrogens with one attached hydrogen (secondary N) is 1. The number of fused-ring (bicyclic) bond motifs is 4. The molecule has 0 aliphatic carbocycles. The number of amides is 2. The zero-order valence-corrected chi connectivity index (χ0v) is 16.8. The number of nitrogens with zero attached hydrogens (tertiary/aromatic N) is 6. The van der Waals surface area contributed by atoms with Gasteiger partial charge in [0.25, 0.3) is 0 Å². The van der Waals surface area contributed by atoms with Crippen LogP contribution >= 0.6 is 0 Å². The van der Waals surface area contributed by atoms with Crippen molar-refractivity contribution in [2.75, 3.05) is 28.2 Å². The molecule has 0 unspecified atom stereocenters. The molecule has 5 heterocycles. The number of halogens is 3. The summed E-state index contributed by atoms with van der Waals surface area (Å²) >= 11 is 0. The number of pyridine rings is 2. The predicted molar refractivity (Wildman–Crippen MR) is 111 cm³/mol. The number of piperidine rings is 1. The van der Waals surface area contributed by atoms with Gasteiger partial charge in [-0.3, -0.25) is 15.2 Å². The van der Waals surface area contributed by atoms with Gasteiger partial charge in [-0.05, 0) is 43.2 Å². The van der Waals surface area contributed by atoms with Crippen molar-refractivity contribution in [2.24, 2.45) is 0 Å². The third-order valence-electron chi connectivity index (χ3n) is 5.57. The van der Waals surface area contributed by atoms with Gasteiger partial charge in [0.1, 0.15) is 0 Å². The molecule has 32 heavy (non-hydrogen) atoms. The molecule has 2 aliphatic heterocycles. The number of carbonyl (C=O) groups excluding carboxylic acids is 1. The van der Waals surface area contributed by atoms with Gasteiger partial charge in [0.05, 0.1) is 23.0 Å². The lowest BCUT2D eigenvalue weighted by molar-refractivity contribution is -0.137. The van der Waals surface area contributed by atoms with Crippen LogP contribution in [0, 0.1) is 0 Å². The van der Waals surface area contributed by atoms with Gasteiger partial charge in [0.2, 0.25) is 0 Å². The molecule has 0 radical (unpaired) electrons. The number of hydrogen-bond donors (Lipinski definition) is 1. The molecule has 3 aromatic rings. The molecule has 2 aliphatic rings. The summed E-state index contributed by atoms with van der Waals surface area (Å²) in [6, 6.07) is 7.22. The fraction of sp³-hybridized carbons (Fsp3) is 0.286. The molecule has 0 spiro atoms. The minimum absolute atomic E-state index is 0.115. The third kappa shape index (κ3) is 3.70. The van der Waals surface area contributed by atoms with E-state index in [0.717, 1.165) is 37.3 Å². The van der Waals surface area contributed by atoms with Crippen LogP contribution in [0.1, 0.15) is 18.4 Å². The van der Waals surface area contributed by atoms with E-state index in [4.69, 9.17) is 0 Å². The largest absolute Gasteiger partial charge is 0.417 e. The lowest BCUT2D eigenvalue weighted by Gasteiger charge is -2.45. The molecule has 1 saturated heterocycles. The SMILES string of the molecule is O=C(Nc1cccnn1)N1c2nc(-c3cncc(C(F)(F)F)c3)ccc2N2CCC[C@H]1C2. The Balaban J connectivity index is 1.55. The normalized spacial score (nSPS) is 17.7. The van der Waals surface area contributed by atoms with Crippen LogP contribution in [0.25, 0.3) is 11.3 Å². The van der Waals surface area contributed by atoms with Crippen molar-refractivity contribution in [3.8, 4) is 11.3 Å². The van der Waals surface area contributed by atoms with E-state index in [1.54, 1.807) is 29.2 Å². The maximum Gasteiger partial charge on any atom is 0.417 e. The van der Waals surface area contributed by atoms with Crippen molar-refractivity contribution in [1.82, 2.24) is 20.2 Å². The van der Waals surface area contributed by atoms with Gasteiger partial charge in [-0.2, -0.15) is 18.3 Å². The van der Waals surface area contributed by atoms with Crippen LogP contribution in [0.4, 0.5) is 35.3 Å². The number of urea groups is 1. The summed E-state index contributed by atoms with van der Waals surface area (Å²) in [5, 5.41) is 10.4. The number of anilines is 3. The third-order valence-corrected chi connectivity index (χ3v) is 5.57. The second-order valence-electron chi connectivity index (χ2n) is 7.65. The Hall–Kier alpha value is -3.76. The predicted octanol–water partition coefficient (Wildman–Crippen LogP) is 3.97. The standard InChI is InChI=1S/C21H18F3N7O/c22-21(23,24)14-9-13(10-25-11-14)16-5-6-17-19(27-16)31(15-3-2-8-30(17)12-15)20(32)28-18-4-1-7-26-29-18/h1,4-7,9-11,15H,2-3,8,12H2,(H,28,29,32)/t15-/m0/s1. The van der Waals surface area contributed by atoms with Crippen LogP contribution in [0.3, 0.4) is 0 Å². The van der Waals surface area contributed by atoms with Crippen LogP contribution in [0.15, 0.2) is 48.9 Å². The Labute approximate surface area is 181 Å². The molecule has 1 atom stereocenters. The summed E-state index contributed by atoms with van der Waals surface area (Å²) in [4.78, 5) is 25.3. The maximum absolute atomic E-state index is 13.2. The average molecular weight is 441 g/mol.